The van der Waals surface area contributed by atoms with E-state index in [9.17, 15) is 8.42 Å². The first-order chi connectivity index (χ1) is 13.3. The molecule has 0 saturated carbocycles. The number of methoxy groups -OCH3 is 1. The van der Waals surface area contributed by atoms with Gasteiger partial charge < -0.3 is 9.64 Å². The summed E-state index contributed by atoms with van der Waals surface area (Å²) in [6.45, 7) is 1.17. The lowest BCUT2D eigenvalue weighted by Gasteiger charge is -2.32. The Morgan fingerprint density at radius 2 is 1.82 bits per heavy atom. The molecular weight excluding hydrogens is 374 g/mol. The minimum Gasteiger partial charge on any atom is -0.496 e. The fraction of sp³-hybridized carbons (Fsp3) is 0.455. The van der Waals surface area contributed by atoms with Crippen LogP contribution in [0.1, 0.15) is 29.0 Å². The predicted octanol–water partition coefficient (Wildman–Crippen LogP) is 3.40. The van der Waals surface area contributed by atoms with E-state index in [0.717, 1.165) is 24.5 Å². The number of benzene rings is 2. The van der Waals surface area contributed by atoms with Crippen LogP contribution in [-0.2, 0) is 23.0 Å². The maximum atomic E-state index is 9.19. The lowest BCUT2D eigenvalue weighted by molar-refractivity contribution is 0.258. The standard InChI is InChI=1S/C21H25NO.CH4O3S/c1-22-14-19-16-9-6-10-21(23-2)18(16)12-11-17(19)20(22)13-15-7-4-3-5-8-15;1-5(2,3)4/h3-10,17,19-20H,11-14H2,1-2H3;1H3,(H,2,3,4). The molecule has 0 aromatic heterocycles. The van der Waals surface area contributed by atoms with Crippen LogP contribution in [0.15, 0.2) is 48.5 Å². The van der Waals surface area contributed by atoms with Crippen molar-refractivity contribution in [2.24, 2.45) is 5.92 Å². The van der Waals surface area contributed by atoms with Crippen LogP contribution in [0.2, 0.25) is 0 Å². The molecule has 1 aliphatic heterocycles. The van der Waals surface area contributed by atoms with Gasteiger partial charge in [0.15, 0.2) is 0 Å². The monoisotopic (exact) mass is 403 g/mol. The SMILES string of the molecule is COc1cccc2c1CCC1C2CN(C)C1Cc1ccccc1.CS(=O)(=O)O. The summed E-state index contributed by atoms with van der Waals surface area (Å²) >= 11 is 0. The molecule has 28 heavy (non-hydrogen) atoms. The van der Waals surface area contributed by atoms with Crippen LogP contribution in [0.3, 0.4) is 0 Å². The van der Waals surface area contributed by atoms with Crippen molar-refractivity contribution in [1.29, 1.82) is 0 Å². The fourth-order valence-corrected chi connectivity index (χ4v) is 4.76. The van der Waals surface area contributed by atoms with Crippen molar-refractivity contribution in [3.05, 3.63) is 65.2 Å². The summed E-state index contributed by atoms with van der Waals surface area (Å²) in [5.74, 6) is 2.50. The lowest BCUT2D eigenvalue weighted by Crippen LogP contribution is -2.32. The van der Waals surface area contributed by atoms with Gasteiger partial charge in [-0.15, -0.1) is 0 Å². The van der Waals surface area contributed by atoms with E-state index >= 15 is 0 Å². The van der Waals surface area contributed by atoms with Crippen molar-refractivity contribution in [2.45, 2.75) is 31.2 Å². The van der Waals surface area contributed by atoms with Crippen LogP contribution < -0.4 is 4.74 Å². The largest absolute Gasteiger partial charge is 0.496 e. The third-order valence-corrected chi connectivity index (χ3v) is 5.87. The van der Waals surface area contributed by atoms with Crippen LogP contribution in [0.25, 0.3) is 0 Å². The Morgan fingerprint density at radius 3 is 2.46 bits per heavy atom. The molecule has 2 aromatic rings. The molecule has 1 heterocycles. The highest BCUT2D eigenvalue weighted by Crippen LogP contribution is 2.47. The zero-order chi connectivity index (χ0) is 20.3. The van der Waals surface area contributed by atoms with Gasteiger partial charge in [-0.25, -0.2) is 0 Å². The summed E-state index contributed by atoms with van der Waals surface area (Å²) < 4.78 is 31.5. The Balaban J connectivity index is 0.000000403. The van der Waals surface area contributed by atoms with E-state index < -0.39 is 10.1 Å². The summed E-state index contributed by atoms with van der Waals surface area (Å²) in [6.07, 6.45) is 4.31. The molecule has 0 amide bonds. The topological polar surface area (TPSA) is 66.8 Å². The zero-order valence-corrected chi connectivity index (χ0v) is 17.5. The molecule has 1 aliphatic carbocycles. The van der Waals surface area contributed by atoms with E-state index in [4.69, 9.17) is 9.29 Å². The normalized spacial score (nSPS) is 23.9. The summed E-state index contributed by atoms with van der Waals surface area (Å²) in [7, 11) is 0.423. The van der Waals surface area contributed by atoms with Crippen LogP contribution in [-0.4, -0.2) is 50.9 Å². The molecule has 0 spiro atoms. The van der Waals surface area contributed by atoms with Crippen LogP contribution in [0.4, 0.5) is 0 Å². The summed E-state index contributed by atoms with van der Waals surface area (Å²) in [6, 6.07) is 18.2. The predicted molar refractivity (Wildman–Crippen MR) is 112 cm³/mol. The van der Waals surface area contributed by atoms with E-state index in [-0.39, 0.29) is 0 Å². The van der Waals surface area contributed by atoms with Crippen molar-refractivity contribution in [1.82, 2.24) is 4.90 Å². The number of hydrogen-bond acceptors (Lipinski definition) is 4. The first-order valence-corrected chi connectivity index (χ1v) is 11.4. The van der Waals surface area contributed by atoms with Gasteiger partial charge in [-0.2, -0.15) is 8.42 Å². The zero-order valence-electron chi connectivity index (χ0n) is 16.7. The van der Waals surface area contributed by atoms with E-state index in [1.807, 2.05) is 0 Å². The Labute approximate surface area is 168 Å². The molecule has 1 fully saturated rings. The van der Waals surface area contributed by atoms with Crippen LogP contribution >= 0.6 is 0 Å². The number of rotatable bonds is 3. The molecule has 1 N–H and O–H groups in total. The number of hydrogen-bond donors (Lipinski definition) is 1. The molecule has 5 nitrogen and oxygen atoms in total. The molecule has 3 atom stereocenters. The highest BCUT2D eigenvalue weighted by molar-refractivity contribution is 7.85. The Morgan fingerprint density at radius 1 is 1.14 bits per heavy atom. The van der Waals surface area contributed by atoms with E-state index in [0.29, 0.717) is 18.2 Å². The molecule has 1 saturated heterocycles. The Bertz CT molecular complexity index is 890. The van der Waals surface area contributed by atoms with E-state index in [2.05, 4.69) is 60.5 Å². The van der Waals surface area contributed by atoms with Gasteiger partial charge in [-0.05, 0) is 55.0 Å². The van der Waals surface area contributed by atoms with Gasteiger partial charge in [-0.3, -0.25) is 4.55 Å². The minimum absolute atomic E-state index is 0.654. The molecule has 152 valence electrons. The second-order valence-electron chi connectivity index (χ2n) is 7.77. The molecule has 6 heteroatoms. The molecule has 3 unspecified atom stereocenters. The van der Waals surface area contributed by atoms with Crippen LogP contribution in [0.5, 0.6) is 5.75 Å². The van der Waals surface area contributed by atoms with Gasteiger partial charge in [-0.1, -0.05) is 42.5 Å². The third kappa shape index (κ3) is 4.93. The van der Waals surface area contributed by atoms with Gasteiger partial charge in [0, 0.05) is 18.5 Å². The van der Waals surface area contributed by atoms with Crippen molar-refractivity contribution in [3.63, 3.8) is 0 Å². The van der Waals surface area contributed by atoms with Gasteiger partial charge in [0.05, 0.1) is 13.4 Å². The summed E-state index contributed by atoms with van der Waals surface area (Å²) in [4.78, 5) is 2.58. The first kappa shape index (κ1) is 20.8. The number of fused-ring (bicyclic) bond motifs is 3. The number of nitrogens with zero attached hydrogens (tertiary/aromatic N) is 1. The van der Waals surface area contributed by atoms with Crippen molar-refractivity contribution in [3.8, 4) is 5.75 Å². The number of likely N-dealkylation sites (tertiary alicyclic amines) is 1. The average molecular weight is 404 g/mol. The number of likely N-dealkylation sites (N-methyl/N-ethyl adjacent to an activating group) is 1. The third-order valence-electron chi connectivity index (χ3n) is 5.87. The Hall–Kier alpha value is -1.89. The van der Waals surface area contributed by atoms with Gasteiger partial charge in [0.1, 0.15) is 5.75 Å². The maximum absolute atomic E-state index is 9.19. The number of ether oxygens (including phenoxy) is 1. The smallest absolute Gasteiger partial charge is 0.261 e. The second kappa shape index (κ2) is 8.64. The first-order valence-electron chi connectivity index (χ1n) is 9.60. The van der Waals surface area contributed by atoms with Gasteiger partial charge in [0.25, 0.3) is 10.1 Å². The molecule has 4 rings (SSSR count). The van der Waals surface area contributed by atoms with E-state index in [1.54, 1.807) is 7.11 Å². The van der Waals surface area contributed by atoms with E-state index in [1.165, 1.54) is 29.7 Å². The maximum Gasteiger partial charge on any atom is 0.261 e. The molecular formula is C22H29NO4S. The minimum atomic E-state index is -3.67. The quantitative estimate of drug-likeness (QED) is 0.796. The van der Waals surface area contributed by atoms with Crippen molar-refractivity contribution in [2.75, 3.05) is 27.0 Å². The summed E-state index contributed by atoms with van der Waals surface area (Å²) in [5, 5.41) is 0. The molecule has 0 radical (unpaired) electrons. The molecule has 2 aliphatic rings. The highest BCUT2D eigenvalue weighted by Gasteiger charge is 2.43. The fourth-order valence-electron chi connectivity index (χ4n) is 4.76. The van der Waals surface area contributed by atoms with Gasteiger partial charge in [0.2, 0.25) is 0 Å². The molecule has 2 aromatic carbocycles. The van der Waals surface area contributed by atoms with Gasteiger partial charge >= 0.3 is 0 Å². The van der Waals surface area contributed by atoms with Crippen molar-refractivity contribution < 1.29 is 17.7 Å². The Kier molecular flexibility index (Phi) is 6.43. The second-order valence-corrected chi connectivity index (χ2v) is 9.23. The summed E-state index contributed by atoms with van der Waals surface area (Å²) in [5.41, 5.74) is 4.44. The highest BCUT2D eigenvalue weighted by atomic mass is 32.2. The molecule has 0 bridgehead atoms. The van der Waals surface area contributed by atoms with Crippen molar-refractivity contribution >= 4 is 10.1 Å². The van der Waals surface area contributed by atoms with Crippen LogP contribution in [0, 0.1) is 5.92 Å². The average Bonchev–Trinajstić information content (AvgIpc) is 2.96. The lowest BCUT2D eigenvalue weighted by atomic mass is 9.73.